The molecule has 4 nitrogen and oxygen atoms in total. The molecular weight excluding hydrogens is 292 g/mol. The second kappa shape index (κ2) is 5.32. The molecule has 0 aliphatic carbocycles. The van der Waals surface area contributed by atoms with Crippen LogP contribution in [-0.2, 0) is 6.42 Å². The highest BCUT2D eigenvalue weighted by Crippen LogP contribution is 2.39. The Labute approximate surface area is 134 Å². The summed E-state index contributed by atoms with van der Waals surface area (Å²) in [6, 6.07) is 11.9. The standard InChI is InChI=1S/C19H18O4/c1-11(20)7-13-3-5-16-15(8-13)12(2)19(23-16)14-4-6-17-18(9-14)22-10-21-17/h3-6,8-9,11,20H,7,10H2,1-2H3/t11-/m1/s1. The van der Waals surface area contributed by atoms with Crippen LogP contribution in [0.5, 0.6) is 11.5 Å². The van der Waals surface area contributed by atoms with Gasteiger partial charge in [0.25, 0.3) is 0 Å². The maximum Gasteiger partial charge on any atom is 0.231 e. The molecule has 0 fully saturated rings. The smallest absolute Gasteiger partial charge is 0.231 e. The third-order valence-electron chi connectivity index (χ3n) is 4.17. The SMILES string of the molecule is Cc1c(-c2ccc3c(c2)OCO3)oc2ccc(C[C@@H](C)O)cc12. The first-order valence-corrected chi connectivity index (χ1v) is 7.72. The molecule has 0 saturated carbocycles. The molecule has 0 unspecified atom stereocenters. The summed E-state index contributed by atoms with van der Waals surface area (Å²) in [5, 5.41) is 10.7. The summed E-state index contributed by atoms with van der Waals surface area (Å²) in [5.74, 6) is 2.35. The van der Waals surface area contributed by atoms with Crippen molar-refractivity contribution >= 4 is 11.0 Å². The summed E-state index contributed by atoms with van der Waals surface area (Å²) in [5.41, 5.74) is 4.02. The summed E-state index contributed by atoms with van der Waals surface area (Å²) in [6.07, 6.45) is 0.285. The minimum absolute atomic E-state index is 0.264. The van der Waals surface area contributed by atoms with Crippen LogP contribution < -0.4 is 9.47 Å². The molecule has 1 aliphatic heterocycles. The zero-order chi connectivity index (χ0) is 16.0. The van der Waals surface area contributed by atoms with Gasteiger partial charge in [-0.25, -0.2) is 0 Å². The Morgan fingerprint density at radius 3 is 2.74 bits per heavy atom. The molecule has 1 aromatic heterocycles. The Hall–Kier alpha value is -2.46. The number of fused-ring (bicyclic) bond motifs is 2. The van der Waals surface area contributed by atoms with Gasteiger partial charge in [-0.1, -0.05) is 6.07 Å². The maximum absolute atomic E-state index is 9.57. The fourth-order valence-corrected chi connectivity index (χ4v) is 3.05. The molecule has 1 N–H and O–H groups in total. The lowest BCUT2D eigenvalue weighted by Gasteiger charge is -2.03. The van der Waals surface area contributed by atoms with E-state index < -0.39 is 0 Å². The van der Waals surface area contributed by atoms with Gasteiger partial charge in [0, 0.05) is 16.5 Å². The third kappa shape index (κ3) is 2.45. The molecule has 118 valence electrons. The van der Waals surface area contributed by atoms with Crippen LogP contribution in [0.3, 0.4) is 0 Å². The predicted octanol–water partition coefficient (Wildman–Crippen LogP) is 4.06. The van der Waals surface area contributed by atoms with Crippen molar-refractivity contribution in [1.29, 1.82) is 0 Å². The number of benzene rings is 2. The molecule has 2 aromatic carbocycles. The highest BCUT2D eigenvalue weighted by atomic mass is 16.7. The summed E-state index contributed by atoms with van der Waals surface area (Å²) < 4.78 is 16.8. The van der Waals surface area contributed by atoms with Gasteiger partial charge < -0.3 is 19.0 Å². The second-order valence-electron chi connectivity index (χ2n) is 6.01. The van der Waals surface area contributed by atoms with Gasteiger partial charge in [-0.3, -0.25) is 0 Å². The van der Waals surface area contributed by atoms with Crippen LogP contribution in [0, 0.1) is 6.92 Å². The average Bonchev–Trinajstić information content (AvgIpc) is 3.11. The Morgan fingerprint density at radius 2 is 1.91 bits per heavy atom. The summed E-state index contributed by atoms with van der Waals surface area (Å²) in [4.78, 5) is 0. The Kier molecular flexibility index (Phi) is 3.27. The Bertz CT molecular complexity index is 876. The average molecular weight is 310 g/mol. The summed E-state index contributed by atoms with van der Waals surface area (Å²) in [6.45, 7) is 4.11. The zero-order valence-corrected chi connectivity index (χ0v) is 13.1. The van der Waals surface area contributed by atoms with Gasteiger partial charge in [-0.15, -0.1) is 0 Å². The van der Waals surface area contributed by atoms with E-state index in [1.165, 1.54) is 0 Å². The van der Waals surface area contributed by atoms with Crippen molar-refractivity contribution in [3.8, 4) is 22.8 Å². The summed E-state index contributed by atoms with van der Waals surface area (Å²) in [7, 11) is 0. The van der Waals surface area contributed by atoms with Crippen LogP contribution in [0.15, 0.2) is 40.8 Å². The number of ether oxygens (including phenoxy) is 2. The van der Waals surface area contributed by atoms with Gasteiger partial charge >= 0.3 is 0 Å². The topological polar surface area (TPSA) is 51.8 Å². The number of furan rings is 1. The van der Waals surface area contributed by atoms with Crippen LogP contribution in [-0.4, -0.2) is 18.0 Å². The Balaban J connectivity index is 1.80. The van der Waals surface area contributed by atoms with Crippen molar-refractivity contribution in [1.82, 2.24) is 0 Å². The van der Waals surface area contributed by atoms with Crippen molar-refractivity contribution in [2.45, 2.75) is 26.4 Å². The van der Waals surface area contributed by atoms with Crippen molar-refractivity contribution < 1.29 is 19.0 Å². The molecule has 3 aromatic rings. The summed E-state index contributed by atoms with van der Waals surface area (Å²) >= 11 is 0. The van der Waals surface area contributed by atoms with Crippen molar-refractivity contribution in [2.24, 2.45) is 0 Å². The van der Waals surface area contributed by atoms with Gasteiger partial charge in [0.1, 0.15) is 11.3 Å². The highest BCUT2D eigenvalue weighted by Gasteiger charge is 2.18. The van der Waals surface area contributed by atoms with Gasteiger partial charge in [-0.2, -0.15) is 0 Å². The number of hydrogen-bond acceptors (Lipinski definition) is 4. The van der Waals surface area contributed by atoms with Crippen molar-refractivity contribution in [3.63, 3.8) is 0 Å². The number of aliphatic hydroxyl groups excluding tert-OH is 1. The van der Waals surface area contributed by atoms with Gasteiger partial charge in [0.2, 0.25) is 6.79 Å². The molecule has 0 amide bonds. The Morgan fingerprint density at radius 1 is 1.09 bits per heavy atom. The van der Waals surface area contributed by atoms with Gasteiger partial charge in [0.05, 0.1) is 6.10 Å². The molecule has 2 heterocycles. The number of rotatable bonds is 3. The van der Waals surface area contributed by atoms with E-state index in [9.17, 15) is 5.11 Å². The maximum atomic E-state index is 9.57. The molecule has 1 aliphatic rings. The number of aryl methyl sites for hydroxylation is 1. The lowest BCUT2D eigenvalue weighted by Crippen LogP contribution is -2.03. The van der Waals surface area contributed by atoms with Crippen molar-refractivity contribution in [3.05, 3.63) is 47.5 Å². The zero-order valence-electron chi connectivity index (χ0n) is 13.1. The van der Waals surface area contributed by atoms with E-state index in [1.807, 2.05) is 30.3 Å². The van der Waals surface area contributed by atoms with E-state index in [2.05, 4.69) is 13.0 Å². The first-order valence-electron chi connectivity index (χ1n) is 7.72. The highest BCUT2D eigenvalue weighted by molar-refractivity contribution is 5.88. The van der Waals surface area contributed by atoms with Crippen LogP contribution in [0.1, 0.15) is 18.1 Å². The molecule has 4 heteroatoms. The van der Waals surface area contributed by atoms with E-state index in [-0.39, 0.29) is 12.9 Å². The molecule has 0 radical (unpaired) electrons. The first-order chi connectivity index (χ1) is 11.1. The largest absolute Gasteiger partial charge is 0.456 e. The van der Waals surface area contributed by atoms with Crippen molar-refractivity contribution in [2.75, 3.05) is 6.79 Å². The van der Waals surface area contributed by atoms with Crippen LogP contribution in [0.2, 0.25) is 0 Å². The van der Waals surface area contributed by atoms with E-state index in [1.54, 1.807) is 6.92 Å². The molecule has 0 bridgehead atoms. The molecule has 0 saturated heterocycles. The van der Waals surface area contributed by atoms with E-state index in [0.717, 1.165) is 44.9 Å². The monoisotopic (exact) mass is 310 g/mol. The number of aliphatic hydroxyl groups is 1. The van der Waals surface area contributed by atoms with Crippen LogP contribution in [0.4, 0.5) is 0 Å². The molecular formula is C19H18O4. The van der Waals surface area contributed by atoms with Gasteiger partial charge in [-0.05, 0) is 56.2 Å². The molecule has 4 rings (SSSR count). The van der Waals surface area contributed by atoms with E-state index in [0.29, 0.717) is 6.42 Å². The van der Waals surface area contributed by atoms with E-state index in [4.69, 9.17) is 13.9 Å². The lowest BCUT2D eigenvalue weighted by atomic mass is 10.0. The molecule has 23 heavy (non-hydrogen) atoms. The normalized spacial score (nSPS) is 14.4. The minimum atomic E-state index is -0.354. The van der Waals surface area contributed by atoms with Crippen LogP contribution in [0.25, 0.3) is 22.3 Å². The van der Waals surface area contributed by atoms with E-state index >= 15 is 0 Å². The molecule has 0 spiro atoms. The van der Waals surface area contributed by atoms with Crippen LogP contribution >= 0.6 is 0 Å². The van der Waals surface area contributed by atoms with Gasteiger partial charge in [0.15, 0.2) is 11.5 Å². The fourth-order valence-electron chi connectivity index (χ4n) is 3.05. The third-order valence-corrected chi connectivity index (χ3v) is 4.17. The lowest BCUT2D eigenvalue weighted by molar-refractivity contribution is 0.174. The minimum Gasteiger partial charge on any atom is -0.456 e. The quantitative estimate of drug-likeness (QED) is 0.792. The second-order valence-corrected chi connectivity index (χ2v) is 6.01. The first kappa shape index (κ1) is 14.2. The predicted molar refractivity (Wildman–Crippen MR) is 87.9 cm³/mol. The number of hydrogen-bond donors (Lipinski definition) is 1. The molecule has 1 atom stereocenters. The fraction of sp³-hybridized carbons (Fsp3) is 0.263.